The molecule has 0 aromatic heterocycles. The van der Waals surface area contributed by atoms with E-state index in [0.29, 0.717) is 5.41 Å². The molecule has 0 saturated carbocycles. The topological polar surface area (TPSA) is 0 Å². The third-order valence-corrected chi connectivity index (χ3v) is 2.73. The van der Waals surface area contributed by atoms with Crippen LogP contribution in [-0.2, 0) is 0 Å². The molecule has 0 saturated heterocycles. The highest BCUT2D eigenvalue weighted by molar-refractivity contribution is 5.06. The van der Waals surface area contributed by atoms with Gasteiger partial charge in [0.2, 0.25) is 0 Å². The van der Waals surface area contributed by atoms with Crippen molar-refractivity contribution in [3.8, 4) is 0 Å². The maximum Gasteiger partial charge on any atom is -0.0302 e. The molecule has 0 fully saturated rings. The van der Waals surface area contributed by atoms with Crippen molar-refractivity contribution in [3.63, 3.8) is 0 Å². The Hall–Kier alpha value is -0.520. The summed E-state index contributed by atoms with van der Waals surface area (Å²) >= 11 is 0. The minimum atomic E-state index is 0.415. The van der Waals surface area contributed by atoms with Gasteiger partial charge in [0.05, 0.1) is 0 Å². The predicted molar refractivity (Wildman–Crippen MR) is 61.9 cm³/mol. The lowest BCUT2D eigenvalue weighted by atomic mass is 9.83. The summed E-state index contributed by atoms with van der Waals surface area (Å²) in [5, 5.41) is 0. The number of hydrogen-bond donors (Lipinski definition) is 0. The summed E-state index contributed by atoms with van der Waals surface area (Å²) < 4.78 is 0. The Morgan fingerprint density at radius 2 is 1.77 bits per heavy atom. The predicted octanol–water partition coefficient (Wildman–Crippen LogP) is 4.73. The molecular weight excluding hydrogens is 156 g/mol. The van der Waals surface area contributed by atoms with Crippen LogP contribution in [0.1, 0.15) is 53.9 Å². The molecule has 0 amide bonds. The summed E-state index contributed by atoms with van der Waals surface area (Å²) in [6.07, 6.45) is 5.63. The molecular formula is C13H24. The van der Waals surface area contributed by atoms with E-state index in [0.717, 1.165) is 6.42 Å². The molecule has 0 aliphatic heterocycles. The first-order valence-corrected chi connectivity index (χ1v) is 5.13. The van der Waals surface area contributed by atoms with Gasteiger partial charge in [0.15, 0.2) is 0 Å². The third kappa shape index (κ3) is 5.68. The summed E-state index contributed by atoms with van der Waals surface area (Å²) in [6.45, 7) is 15.0. The highest BCUT2D eigenvalue weighted by Crippen LogP contribution is 2.29. The van der Waals surface area contributed by atoms with E-state index in [1.165, 1.54) is 24.0 Å². The molecule has 0 unspecified atom stereocenters. The van der Waals surface area contributed by atoms with Gasteiger partial charge in [-0.1, -0.05) is 31.1 Å². The zero-order valence-corrected chi connectivity index (χ0v) is 9.91. The average Bonchev–Trinajstić information content (AvgIpc) is 2.00. The minimum absolute atomic E-state index is 0.415. The van der Waals surface area contributed by atoms with Gasteiger partial charge >= 0.3 is 0 Å². The van der Waals surface area contributed by atoms with Crippen LogP contribution in [0.25, 0.3) is 0 Å². The van der Waals surface area contributed by atoms with Crippen LogP contribution in [0.4, 0.5) is 0 Å². The van der Waals surface area contributed by atoms with Crippen molar-refractivity contribution in [1.82, 2.24) is 0 Å². The number of rotatable bonds is 5. The first kappa shape index (κ1) is 12.5. The maximum absolute atomic E-state index is 3.80. The van der Waals surface area contributed by atoms with Gasteiger partial charge in [-0.25, -0.2) is 0 Å². The van der Waals surface area contributed by atoms with Crippen molar-refractivity contribution in [1.29, 1.82) is 0 Å². The van der Waals surface area contributed by atoms with Crippen molar-refractivity contribution >= 4 is 0 Å². The van der Waals surface area contributed by atoms with Crippen molar-refractivity contribution in [2.45, 2.75) is 53.9 Å². The van der Waals surface area contributed by atoms with E-state index in [2.05, 4.69) is 41.2 Å². The highest BCUT2D eigenvalue weighted by atomic mass is 14.2. The molecule has 0 bridgehead atoms. The van der Waals surface area contributed by atoms with E-state index < -0.39 is 0 Å². The summed E-state index contributed by atoms with van der Waals surface area (Å²) in [6, 6.07) is 0. The lowest BCUT2D eigenvalue weighted by molar-refractivity contribution is 0.339. The van der Waals surface area contributed by atoms with Crippen LogP contribution in [0.3, 0.4) is 0 Å². The summed E-state index contributed by atoms with van der Waals surface area (Å²) in [5.41, 5.74) is 3.42. The van der Waals surface area contributed by atoms with Crippen LogP contribution < -0.4 is 0 Å². The zero-order valence-electron chi connectivity index (χ0n) is 9.91. The Morgan fingerprint density at radius 3 is 2.15 bits per heavy atom. The molecule has 0 heteroatoms. The van der Waals surface area contributed by atoms with E-state index >= 15 is 0 Å². The van der Waals surface area contributed by atoms with Gasteiger partial charge in [-0.15, -0.1) is 6.58 Å². The Bertz CT molecular complexity index is 190. The van der Waals surface area contributed by atoms with Crippen LogP contribution in [0.5, 0.6) is 0 Å². The van der Waals surface area contributed by atoms with Crippen LogP contribution in [-0.4, -0.2) is 0 Å². The fourth-order valence-corrected chi connectivity index (χ4v) is 1.27. The second kappa shape index (κ2) is 5.26. The maximum atomic E-state index is 3.80. The molecule has 0 spiro atoms. The molecule has 0 aromatic carbocycles. The van der Waals surface area contributed by atoms with Gasteiger partial charge in [-0.3, -0.25) is 0 Å². The van der Waals surface area contributed by atoms with E-state index in [-0.39, 0.29) is 0 Å². The molecule has 0 N–H and O–H groups in total. The van der Waals surface area contributed by atoms with Crippen molar-refractivity contribution < 1.29 is 0 Å². The van der Waals surface area contributed by atoms with Crippen LogP contribution in [0.15, 0.2) is 23.8 Å². The quantitative estimate of drug-likeness (QED) is 0.537. The summed E-state index contributed by atoms with van der Waals surface area (Å²) in [4.78, 5) is 0. The normalized spacial score (nSPS) is 11.2. The van der Waals surface area contributed by atoms with Crippen molar-refractivity contribution in [2.75, 3.05) is 0 Å². The van der Waals surface area contributed by atoms with E-state index in [9.17, 15) is 0 Å². The molecule has 0 atom stereocenters. The minimum Gasteiger partial charge on any atom is -0.103 e. The lowest BCUT2D eigenvalue weighted by Crippen LogP contribution is -2.09. The second-order valence-electron chi connectivity index (χ2n) is 4.94. The summed E-state index contributed by atoms with van der Waals surface area (Å²) in [5.74, 6) is 0. The Kier molecular flexibility index (Phi) is 5.05. The van der Waals surface area contributed by atoms with E-state index in [1.807, 2.05) is 6.08 Å². The summed E-state index contributed by atoms with van der Waals surface area (Å²) in [7, 11) is 0. The fourth-order valence-electron chi connectivity index (χ4n) is 1.27. The number of hydrogen-bond acceptors (Lipinski definition) is 0. The molecule has 0 nitrogen and oxygen atoms in total. The van der Waals surface area contributed by atoms with Gasteiger partial charge in [-0.05, 0) is 45.4 Å². The Labute approximate surface area is 83.7 Å². The molecule has 13 heavy (non-hydrogen) atoms. The first-order valence-electron chi connectivity index (χ1n) is 5.13. The van der Waals surface area contributed by atoms with Gasteiger partial charge in [0.25, 0.3) is 0 Å². The lowest BCUT2D eigenvalue weighted by Gasteiger charge is -2.23. The Morgan fingerprint density at radius 1 is 1.23 bits per heavy atom. The molecule has 0 heterocycles. The zero-order chi connectivity index (χ0) is 10.5. The molecule has 76 valence electrons. The molecule has 0 radical (unpaired) electrons. The van der Waals surface area contributed by atoms with Crippen LogP contribution in [0, 0.1) is 5.41 Å². The SMILES string of the molecule is C=CCC(C)(C)CCC(C)=C(C)C. The number of allylic oxidation sites excluding steroid dienone is 3. The van der Waals surface area contributed by atoms with Gasteiger partial charge in [0, 0.05) is 0 Å². The van der Waals surface area contributed by atoms with Crippen LogP contribution in [0.2, 0.25) is 0 Å². The average molecular weight is 180 g/mol. The highest BCUT2D eigenvalue weighted by Gasteiger charge is 2.15. The smallest absolute Gasteiger partial charge is 0.0302 e. The van der Waals surface area contributed by atoms with Gasteiger partial charge < -0.3 is 0 Å². The van der Waals surface area contributed by atoms with Crippen LogP contribution >= 0.6 is 0 Å². The molecule has 0 aromatic rings. The largest absolute Gasteiger partial charge is 0.103 e. The molecule has 0 rings (SSSR count). The second-order valence-corrected chi connectivity index (χ2v) is 4.94. The Balaban J connectivity index is 4.01. The molecule has 0 aliphatic rings. The van der Waals surface area contributed by atoms with Crippen molar-refractivity contribution in [2.24, 2.45) is 5.41 Å². The third-order valence-electron chi connectivity index (χ3n) is 2.73. The van der Waals surface area contributed by atoms with Crippen molar-refractivity contribution in [3.05, 3.63) is 23.8 Å². The van der Waals surface area contributed by atoms with E-state index in [1.54, 1.807) is 0 Å². The fraction of sp³-hybridized carbons (Fsp3) is 0.692. The molecule has 0 aliphatic carbocycles. The standard InChI is InChI=1S/C13H24/c1-7-9-13(5,6)10-8-12(4)11(2)3/h7H,1,8-10H2,2-6H3. The van der Waals surface area contributed by atoms with Gasteiger partial charge in [-0.2, -0.15) is 0 Å². The first-order chi connectivity index (χ1) is 5.89. The van der Waals surface area contributed by atoms with Gasteiger partial charge in [0.1, 0.15) is 0 Å². The monoisotopic (exact) mass is 180 g/mol. The van der Waals surface area contributed by atoms with E-state index in [4.69, 9.17) is 0 Å².